The van der Waals surface area contributed by atoms with Gasteiger partial charge in [-0.25, -0.2) is 0 Å². The van der Waals surface area contributed by atoms with Gasteiger partial charge in [0.2, 0.25) is 0 Å². The molecule has 0 saturated carbocycles. The van der Waals surface area contributed by atoms with Crippen LogP contribution in [0.15, 0.2) is 24.3 Å². The van der Waals surface area contributed by atoms with Crippen molar-refractivity contribution in [2.45, 2.75) is 38.9 Å². The number of thioether (sulfide) groups is 1. The topological polar surface area (TPSA) is 12.0 Å². The molecule has 0 saturated heterocycles. The summed E-state index contributed by atoms with van der Waals surface area (Å²) in [6, 6.07) is 8.69. The molecule has 1 aromatic carbocycles. The van der Waals surface area contributed by atoms with Gasteiger partial charge in [-0.2, -0.15) is 11.8 Å². The molecule has 0 spiro atoms. The Morgan fingerprint density at radius 3 is 2.71 bits per heavy atom. The van der Waals surface area contributed by atoms with Crippen LogP contribution in [0.1, 0.15) is 37.3 Å². The Balaban J connectivity index is 1.99. The van der Waals surface area contributed by atoms with E-state index in [0.717, 1.165) is 12.3 Å². The molecule has 1 aromatic rings. The van der Waals surface area contributed by atoms with E-state index in [-0.39, 0.29) is 0 Å². The highest BCUT2D eigenvalue weighted by Gasteiger charge is 1.97. The molecule has 0 unspecified atom stereocenters. The molecular formula is C15H25NS. The maximum atomic E-state index is 3.44. The molecule has 0 aliphatic heterocycles. The molecule has 0 bridgehead atoms. The zero-order valence-electron chi connectivity index (χ0n) is 11.2. The largest absolute Gasteiger partial charge is 0.317 e. The van der Waals surface area contributed by atoms with E-state index in [1.807, 2.05) is 0 Å². The number of nitrogens with one attached hydrogen (secondary N) is 1. The Kier molecular flexibility index (Phi) is 8.20. The van der Waals surface area contributed by atoms with Crippen LogP contribution in [0.25, 0.3) is 0 Å². The van der Waals surface area contributed by atoms with E-state index in [1.165, 1.54) is 42.7 Å². The summed E-state index contributed by atoms with van der Waals surface area (Å²) in [5.41, 5.74) is 2.91. The summed E-state index contributed by atoms with van der Waals surface area (Å²) in [5, 5.41) is 3.44. The van der Waals surface area contributed by atoms with Gasteiger partial charge in [-0.15, -0.1) is 0 Å². The van der Waals surface area contributed by atoms with Crippen LogP contribution in [0.3, 0.4) is 0 Å². The first-order valence-electron chi connectivity index (χ1n) is 6.67. The fraction of sp³-hybridized carbons (Fsp3) is 0.600. The van der Waals surface area contributed by atoms with Gasteiger partial charge >= 0.3 is 0 Å². The van der Waals surface area contributed by atoms with Gasteiger partial charge in [0.1, 0.15) is 0 Å². The molecule has 0 atom stereocenters. The Bertz CT molecular complexity index is 299. The second kappa shape index (κ2) is 9.55. The molecule has 2 heteroatoms. The smallest absolute Gasteiger partial charge is 0.0187 e. The quantitative estimate of drug-likeness (QED) is 0.666. The Morgan fingerprint density at radius 1 is 1.12 bits per heavy atom. The summed E-state index contributed by atoms with van der Waals surface area (Å²) in [6.07, 6.45) is 3.87. The fourth-order valence-electron chi connectivity index (χ4n) is 1.71. The lowest BCUT2D eigenvalue weighted by molar-refractivity contribution is 0.635. The molecule has 0 heterocycles. The number of benzene rings is 1. The molecule has 17 heavy (non-hydrogen) atoms. The lowest BCUT2D eigenvalue weighted by atomic mass is 10.1. The lowest BCUT2D eigenvalue weighted by Crippen LogP contribution is -2.15. The van der Waals surface area contributed by atoms with Crippen LogP contribution in [-0.4, -0.2) is 18.8 Å². The van der Waals surface area contributed by atoms with Gasteiger partial charge in [-0.3, -0.25) is 0 Å². The predicted molar refractivity (Wildman–Crippen MR) is 79.7 cm³/mol. The van der Waals surface area contributed by atoms with E-state index >= 15 is 0 Å². The molecular weight excluding hydrogens is 226 g/mol. The minimum Gasteiger partial charge on any atom is -0.317 e. The van der Waals surface area contributed by atoms with Crippen LogP contribution in [-0.2, 0) is 5.75 Å². The summed E-state index contributed by atoms with van der Waals surface area (Å²) in [4.78, 5) is 0. The average Bonchev–Trinajstić information content (AvgIpc) is 2.35. The third kappa shape index (κ3) is 6.75. The third-order valence-electron chi connectivity index (χ3n) is 2.84. The lowest BCUT2D eigenvalue weighted by Gasteiger charge is -2.05. The van der Waals surface area contributed by atoms with Crippen LogP contribution in [0, 0.1) is 6.92 Å². The van der Waals surface area contributed by atoms with Gasteiger partial charge in [-0.05, 0) is 56.2 Å². The van der Waals surface area contributed by atoms with Crippen molar-refractivity contribution in [3.8, 4) is 0 Å². The number of rotatable bonds is 9. The van der Waals surface area contributed by atoms with Gasteiger partial charge in [0.15, 0.2) is 0 Å². The fourth-order valence-corrected chi connectivity index (χ4v) is 2.81. The van der Waals surface area contributed by atoms with Gasteiger partial charge in [-0.1, -0.05) is 31.2 Å². The SMILES string of the molecule is CCCNCCCCSCc1ccccc1C. The van der Waals surface area contributed by atoms with E-state index in [0.29, 0.717) is 0 Å². The minimum absolute atomic E-state index is 1.16. The maximum absolute atomic E-state index is 3.44. The number of aryl methyl sites for hydroxylation is 1. The number of hydrogen-bond donors (Lipinski definition) is 1. The zero-order valence-corrected chi connectivity index (χ0v) is 12.0. The third-order valence-corrected chi connectivity index (χ3v) is 3.93. The predicted octanol–water partition coefficient (Wildman–Crippen LogP) is 4.01. The second-order valence-electron chi connectivity index (χ2n) is 4.44. The van der Waals surface area contributed by atoms with Crippen LogP contribution < -0.4 is 5.32 Å². The van der Waals surface area contributed by atoms with Gasteiger partial charge in [0.05, 0.1) is 0 Å². The first-order valence-corrected chi connectivity index (χ1v) is 7.83. The minimum atomic E-state index is 1.16. The summed E-state index contributed by atoms with van der Waals surface area (Å²) in [6.45, 7) is 6.75. The van der Waals surface area contributed by atoms with E-state index in [4.69, 9.17) is 0 Å². The van der Waals surface area contributed by atoms with Crippen molar-refractivity contribution in [1.82, 2.24) is 5.32 Å². The van der Waals surface area contributed by atoms with Gasteiger partial charge in [0, 0.05) is 5.75 Å². The highest BCUT2D eigenvalue weighted by atomic mass is 32.2. The summed E-state index contributed by atoms with van der Waals surface area (Å²) >= 11 is 2.06. The van der Waals surface area contributed by atoms with Gasteiger partial charge in [0.25, 0.3) is 0 Å². The highest BCUT2D eigenvalue weighted by Crippen LogP contribution is 2.16. The van der Waals surface area contributed by atoms with Crippen LogP contribution in [0.4, 0.5) is 0 Å². The van der Waals surface area contributed by atoms with Crippen molar-refractivity contribution >= 4 is 11.8 Å². The molecule has 1 nitrogen and oxygen atoms in total. The molecule has 1 N–H and O–H groups in total. The first-order chi connectivity index (χ1) is 8.34. The normalized spacial score (nSPS) is 10.7. The van der Waals surface area contributed by atoms with Crippen LogP contribution in [0.5, 0.6) is 0 Å². The zero-order chi connectivity index (χ0) is 12.3. The average molecular weight is 251 g/mol. The monoisotopic (exact) mass is 251 g/mol. The van der Waals surface area contributed by atoms with Crippen LogP contribution in [0.2, 0.25) is 0 Å². The first kappa shape index (κ1) is 14.6. The van der Waals surface area contributed by atoms with Crippen molar-refractivity contribution in [2.75, 3.05) is 18.8 Å². The standard InChI is InChI=1S/C15H25NS/c1-3-10-16-11-6-7-12-17-13-15-9-5-4-8-14(15)2/h4-5,8-9,16H,3,6-7,10-13H2,1-2H3. The number of unbranched alkanes of at least 4 members (excludes halogenated alkanes) is 1. The van der Waals surface area contributed by atoms with E-state index in [1.54, 1.807) is 0 Å². The van der Waals surface area contributed by atoms with Crippen LogP contribution >= 0.6 is 11.8 Å². The van der Waals surface area contributed by atoms with Gasteiger partial charge < -0.3 is 5.32 Å². The Hall–Kier alpha value is -0.470. The molecule has 0 aromatic heterocycles. The van der Waals surface area contributed by atoms with Crippen molar-refractivity contribution in [2.24, 2.45) is 0 Å². The van der Waals surface area contributed by atoms with E-state index in [2.05, 4.69) is 55.2 Å². The molecule has 0 radical (unpaired) electrons. The maximum Gasteiger partial charge on any atom is 0.0187 e. The van der Waals surface area contributed by atoms with Crippen molar-refractivity contribution in [1.29, 1.82) is 0 Å². The summed E-state index contributed by atoms with van der Waals surface area (Å²) in [7, 11) is 0. The van der Waals surface area contributed by atoms with Crippen molar-refractivity contribution in [3.63, 3.8) is 0 Å². The highest BCUT2D eigenvalue weighted by molar-refractivity contribution is 7.98. The molecule has 0 fully saturated rings. The second-order valence-corrected chi connectivity index (χ2v) is 5.54. The molecule has 96 valence electrons. The molecule has 1 rings (SSSR count). The Labute approximate surface area is 110 Å². The summed E-state index contributed by atoms with van der Waals surface area (Å²) < 4.78 is 0. The van der Waals surface area contributed by atoms with E-state index < -0.39 is 0 Å². The number of hydrogen-bond acceptors (Lipinski definition) is 2. The van der Waals surface area contributed by atoms with Crippen molar-refractivity contribution < 1.29 is 0 Å². The Morgan fingerprint density at radius 2 is 1.94 bits per heavy atom. The summed E-state index contributed by atoms with van der Waals surface area (Å²) in [5.74, 6) is 2.44. The van der Waals surface area contributed by atoms with Crippen molar-refractivity contribution in [3.05, 3.63) is 35.4 Å². The van der Waals surface area contributed by atoms with E-state index in [9.17, 15) is 0 Å². The molecule has 0 aliphatic rings. The molecule has 0 aliphatic carbocycles. The molecule has 0 amide bonds.